The molecule has 2 aromatic carbocycles. The Kier molecular flexibility index (Phi) is 7.37. The number of amides is 1. The molecule has 0 aromatic heterocycles. The largest absolute Gasteiger partial charge is 0.493 e. The summed E-state index contributed by atoms with van der Waals surface area (Å²) in [4.78, 5) is 14.8. The molecule has 0 aliphatic carbocycles. The van der Waals surface area contributed by atoms with Gasteiger partial charge in [-0.3, -0.25) is 9.35 Å². The summed E-state index contributed by atoms with van der Waals surface area (Å²) < 4.78 is 78.9. The van der Waals surface area contributed by atoms with Gasteiger partial charge in [0.05, 0.1) is 26.6 Å². The number of hydrogen-bond donors (Lipinski definition) is 1. The summed E-state index contributed by atoms with van der Waals surface area (Å²) in [7, 11) is -0.397. The highest BCUT2D eigenvalue weighted by Crippen LogP contribution is 2.44. The molecule has 0 spiro atoms. The van der Waals surface area contributed by atoms with E-state index in [-0.39, 0.29) is 48.6 Å². The Labute approximate surface area is 197 Å². The number of methoxy groups -OCH3 is 3. The average Bonchev–Trinajstić information content (AvgIpc) is 3.22. The lowest BCUT2D eigenvalue weighted by Crippen LogP contribution is -2.47. The van der Waals surface area contributed by atoms with Gasteiger partial charge in [-0.15, -0.1) is 0 Å². The van der Waals surface area contributed by atoms with Gasteiger partial charge in [0.15, 0.2) is 11.5 Å². The lowest BCUT2D eigenvalue weighted by molar-refractivity contribution is 0.0780. The van der Waals surface area contributed by atoms with Crippen molar-refractivity contribution < 1.29 is 40.8 Å². The highest BCUT2D eigenvalue weighted by Gasteiger charge is 2.52. The van der Waals surface area contributed by atoms with E-state index in [9.17, 15) is 26.5 Å². The van der Waals surface area contributed by atoms with E-state index in [0.29, 0.717) is 11.8 Å². The summed E-state index contributed by atoms with van der Waals surface area (Å²) in [5, 5.41) is -1.40. The third kappa shape index (κ3) is 4.54. The maximum Gasteiger partial charge on any atom is 0.268 e. The molecule has 2 unspecified atom stereocenters. The first-order valence-electron chi connectivity index (χ1n) is 10.5. The Hall–Kier alpha value is -2.92. The highest BCUT2D eigenvalue weighted by molar-refractivity contribution is 7.86. The fourth-order valence-corrected chi connectivity index (χ4v) is 6.14. The summed E-state index contributed by atoms with van der Waals surface area (Å²) in [6, 6.07) is 5.79. The SMILES string of the molecule is CCC(C1(c2ccc(F)cc2F)CCN(C(=O)c2cc(OC)c(OC)c(OC)c2)C1)S(=O)(=O)O. The van der Waals surface area contributed by atoms with Crippen molar-refractivity contribution in [2.24, 2.45) is 0 Å². The summed E-state index contributed by atoms with van der Waals surface area (Å²) in [5.74, 6) is -1.44. The van der Waals surface area contributed by atoms with Gasteiger partial charge in [0.25, 0.3) is 16.0 Å². The van der Waals surface area contributed by atoms with Crippen LogP contribution in [0.4, 0.5) is 8.78 Å². The number of nitrogens with zero attached hydrogens (tertiary/aromatic N) is 1. The van der Waals surface area contributed by atoms with Crippen LogP contribution in [0.3, 0.4) is 0 Å². The van der Waals surface area contributed by atoms with Gasteiger partial charge in [0.1, 0.15) is 11.6 Å². The van der Waals surface area contributed by atoms with E-state index in [0.717, 1.165) is 6.07 Å². The summed E-state index contributed by atoms with van der Waals surface area (Å²) >= 11 is 0. The minimum Gasteiger partial charge on any atom is -0.493 e. The third-order valence-electron chi connectivity index (χ3n) is 6.31. The quantitative estimate of drug-likeness (QED) is 0.555. The molecule has 1 saturated heterocycles. The fourth-order valence-electron chi connectivity index (χ4n) is 4.83. The van der Waals surface area contributed by atoms with Gasteiger partial charge in [-0.1, -0.05) is 13.0 Å². The molecule has 0 radical (unpaired) electrons. The van der Waals surface area contributed by atoms with Crippen molar-refractivity contribution in [3.05, 3.63) is 53.1 Å². The zero-order valence-electron chi connectivity index (χ0n) is 19.3. The molecule has 0 saturated carbocycles. The van der Waals surface area contributed by atoms with Crippen LogP contribution in [0.1, 0.15) is 35.7 Å². The van der Waals surface area contributed by atoms with Crippen LogP contribution < -0.4 is 14.2 Å². The zero-order chi connectivity index (χ0) is 25.3. The van der Waals surface area contributed by atoms with Gasteiger partial charge in [0, 0.05) is 30.1 Å². The first-order chi connectivity index (χ1) is 16.0. The maximum absolute atomic E-state index is 14.9. The molecule has 1 aliphatic heterocycles. The highest BCUT2D eigenvalue weighted by atomic mass is 32.2. The molecule has 1 fully saturated rings. The summed E-state index contributed by atoms with van der Waals surface area (Å²) in [6.07, 6.45) is 0.00583. The number of halogens is 2. The van der Waals surface area contributed by atoms with E-state index >= 15 is 0 Å². The van der Waals surface area contributed by atoms with Gasteiger partial charge >= 0.3 is 0 Å². The molecule has 1 N–H and O–H groups in total. The summed E-state index contributed by atoms with van der Waals surface area (Å²) in [6.45, 7) is 1.42. The Morgan fingerprint density at radius 2 is 1.74 bits per heavy atom. The minimum atomic E-state index is -4.63. The molecule has 1 amide bonds. The number of rotatable bonds is 8. The summed E-state index contributed by atoms with van der Waals surface area (Å²) in [5.41, 5.74) is -1.36. The smallest absolute Gasteiger partial charge is 0.268 e. The van der Waals surface area contributed by atoms with Crippen LogP contribution in [0.15, 0.2) is 30.3 Å². The number of hydrogen-bond acceptors (Lipinski definition) is 6. The standard InChI is InChI=1S/C23H27F2NO7S/c1-5-20(34(28,29)30)23(16-7-6-15(24)12-17(16)25)8-9-26(13-23)22(27)14-10-18(31-2)21(33-4)19(11-14)32-3/h6-7,10-12,20H,5,8-9,13H2,1-4H3,(H,28,29,30). The van der Waals surface area contributed by atoms with Crippen molar-refractivity contribution in [2.75, 3.05) is 34.4 Å². The van der Waals surface area contributed by atoms with Gasteiger partial charge < -0.3 is 19.1 Å². The van der Waals surface area contributed by atoms with Crippen molar-refractivity contribution in [1.29, 1.82) is 0 Å². The first-order valence-corrected chi connectivity index (χ1v) is 12.0. The number of carbonyl (C=O) groups excluding carboxylic acids is 1. The molecular weight excluding hydrogens is 472 g/mol. The molecule has 0 bridgehead atoms. The number of carbonyl (C=O) groups is 1. The van der Waals surface area contributed by atoms with Crippen LogP contribution >= 0.6 is 0 Å². The van der Waals surface area contributed by atoms with Gasteiger partial charge in [-0.05, 0) is 36.6 Å². The van der Waals surface area contributed by atoms with E-state index < -0.39 is 38.3 Å². The maximum atomic E-state index is 14.9. The van der Waals surface area contributed by atoms with Crippen LogP contribution in [0.2, 0.25) is 0 Å². The Morgan fingerprint density at radius 1 is 1.12 bits per heavy atom. The first kappa shape index (κ1) is 25.7. The number of benzene rings is 2. The molecule has 2 atom stereocenters. The van der Waals surface area contributed by atoms with E-state index in [1.807, 2.05) is 0 Å². The van der Waals surface area contributed by atoms with Gasteiger partial charge in [-0.2, -0.15) is 8.42 Å². The van der Waals surface area contributed by atoms with E-state index in [4.69, 9.17) is 14.2 Å². The second-order valence-electron chi connectivity index (χ2n) is 8.08. The van der Waals surface area contributed by atoms with Crippen molar-refractivity contribution in [3.63, 3.8) is 0 Å². The predicted octanol–water partition coefficient (Wildman–Crippen LogP) is 3.44. The lowest BCUT2D eigenvalue weighted by Gasteiger charge is -2.36. The molecule has 3 rings (SSSR count). The van der Waals surface area contributed by atoms with E-state index in [1.54, 1.807) is 6.92 Å². The monoisotopic (exact) mass is 499 g/mol. The third-order valence-corrected chi connectivity index (χ3v) is 7.82. The van der Waals surface area contributed by atoms with E-state index in [2.05, 4.69) is 0 Å². The molecule has 2 aromatic rings. The van der Waals surface area contributed by atoms with Gasteiger partial charge in [-0.25, -0.2) is 8.78 Å². The van der Waals surface area contributed by atoms with Crippen LogP contribution in [-0.4, -0.2) is 63.4 Å². The molecule has 8 nitrogen and oxygen atoms in total. The van der Waals surface area contributed by atoms with Crippen molar-refractivity contribution in [3.8, 4) is 17.2 Å². The normalized spacial score (nSPS) is 19.1. The van der Waals surface area contributed by atoms with Crippen molar-refractivity contribution >= 4 is 16.0 Å². The molecule has 186 valence electrons. The number of likely N-dealkylation sites (tertiary alicyclic amines) is 1. The van der Waals surface area contributed by atoms with Crippen molar-refractivity contribution in [2.45, 2.75) is 30.4 Å². The van der Waals surface area contributed by atoms with Crippen molar-refractivity contribution in [1.82, 2.24) is 4.90 Å². The second kappa shape index (κ2) is 9.75. The van der Waals surface area contributed by atoms with E-state index in [1.165, 1.54) is 44.4 Å². The Bertz CT molecular complexity index is 1160. The topological polar surface area (TPSA) is 102 Å². The zero-order valence-corrected chi connectivity index (χ0v) is 20.1. The second-order valence-corrected chi connectivity index (χ2v) is 9.68. The number of ether oxygens (including phenoxy) is 3. The van der Waals surface area contributed by atoms with Crippen LogP contribution in [0.25, 0.3) is 0 Å². The molecular formula is C23H27F2NO7S. The van der Waals surface area contributed by atoms with Crippen LogP contribution in [-0.2, 0) is 15.5 Å². The average molecular weight is 500 g/mol. The molecule has 34 heavy (non-hydrogen) atoms. The predicted molar refractivity (Wildman–Crippen MR) is 120 cm³/mol. The van der Waals surface area contributed by atoms with Gasteiger partial charge in [0.2, 0.25) is 5.75 Å². The minimum absolute atomic E-state index is 0.0398. The lowest BCUT2D eigenvalue weighted by atomic mass is 9.75. The molecule has 11 heteroatoms. The van der Waals surface area contributed by atoms with Crippen LogP contribution in [0.5, 0.6) is 17.2 Å². The molecule has 1 heterocycles. The Morgan fingerprint density at radius 3 is 2.21 bits per heavy atom. The van der Waals surface area contributed by atoms with Crippen LogP contribution in [0, 0.1) is 11.6 Å². The molecule has 1 aliphatic rings. The Balaban J connectivity index is 2.08. The fraction of sp³-hybridized carbons (Fsp3) is 0.435.